The van der Waals surface area contributed by atoms with Crippen LogP contribution >= 0.6 is 0 Å². The van der Waals surface area contributed by atoms with Gasteiger partial charge in [0.15, 0.2) is 0 Å². The molecule has 2 aromatic rings. The Hall–Kier alpha value is -1.82. The molecule has 0 fully saturated rings. The van der Waals surface area contributed by atoms with Gasteiger partial charge < -0.3 is 4.98 Å². The highest BCUT2D eigenvalue weighted by molar-refractivity contribution is 5.77. The Morgan fingerprint density at radius 1 is 1.33 bits per heavy atom. The molecule has 0 spiro atoms. The largest absolute Gasteiger partial charge is 0.314 e. The highest BCUT2D eigenvalue weighted by Crippen LogP contribution is 2.11. The first-order chi connectivity index (χ1) is 7.29. The predicted molar refractivity (Wildman–Crippen MR) is 56.5 cm³/mol. The van der Waals surface area contributed by atoms with Crippen molar-refractivity contribution in [3.8, 4) is 0 Å². The zero-order valence-electron chi connectivity index (χ0n) is 8.14. The van der Waals surface area contributed by atoms with Crippen LogP contribution in [0.1, 0.15) is 12.0 Å². The van der Waals surface area contributed by atoms with Crippen LogP contribution in [0.2, 0.25) is 0 Å². The molecule has 15 heavy (non-hydrogen) atoms. The molecule has 0 amide bonds. The number of aromatic nitrogens is 1. The molecule has 0 aliphatic carbocycles. The first-order valence-corrected chi connectivity index (χ1v) is 4.81. The van der Waals surface area contributed by atoms with Crippen LogP contribution in [-0.4, -0.2) is 11.7 Å². The second-order valence-corrected chi connectivity index (χ2v) is 3.38. The van der Waals surface area contributed by atoms with Gasteiger partial charge in [0.1, 0.15) is 0 Å². The van der Waals surface area contributed by atoms with Crippen molar-refractivity contribution in [3.05, 3.63) is 46.2 Å². The predicted octanol–water partition coefficient (Wildman–Crippen LogP) is 2.03. The molecule has 0 unspecified atom stereocenters. The molecule has 0 saturated carbocycles. The van der Waals surface area contributed by atoms with E-state index < -0.39 is 0 Å². The van der Waals surface area contributed by atoms with E-state index in [2.05, 4.69) is 17.1 Å². The Morgan fingerprint density at radius 2 is 2.20 bits per heavy atom. The van der Waals surface area contributed by atoms with Gasteiger partial charge in [-0.3, -0.25) is 9.18 Å². The first-order valence-electron chi connectivity index (χ1n) is 4.81. The highest BCUT2D eigenvalue weighted by atomic mass is 19.1. The summed E-state index contributed by atoms with van der Waals surface area (Å²) < 4.78 is 12.0. The normalized spacial score (nSPS) is 10.2. The number of hydrogen-bond donors (Lipinski definition) is 1. The van der Waals surface area contributed by atoms with Crippen molar-refractivity contribution in [2.75, 3.05) is 6.67 Å². The van der Waals surface area contributed by atoms with Crippen molar-refractivity contribution in [2.24, 2.45) is 0 Å². The third-order valence-electron chi connectivity index (χ3n) is 2.24. The van der Waals surface area contributed by atoms with Gasteiger partial charge in [0.05, 0.1) is 12.2 Å². The van der Waals surface area contributed by atoms with Crippen LogP contribution in [0.25, 0.3) is 10.9 Å². The van der Waals surface area contributed by atoms with E-state index in [4.69, 9.17) is 0 Å². The Balaban J connectivity index is 2.39. The van der Waals surface area contributed by atoms with Crippen molar-refractivity contribution < 1.29 is 4.39 Å². The van der Waals surface area contributed by atoms with E-state index in [0.717, 1.165) is 16.5 Å². The summed E-state index contributed by atoms with van der Waals surface area (Å²) in [5.41, 5.74) is 1.51. The zero-order valence-corrected chi connectivity index (χ0v) is 8.14. The summed E-state index contributed by atoms with van der Waals surface area (Å²) >= 11 is 0. The topological polar surface area (TPSA) is 32.9 Å². The maximum atomic E-state index is 12.0. The Morgan fingerprint density at radius 3 is 3.00 bits per heavy atom. The summed E-state index contributed by atoms with van der Waals surface area (Å²) in [5, 5.41) is 0.811. The van der Waals surface area contributed by atoms with E-state index in [-0.39, 0.29) is 12.2 Å². The van der Waals surface area contributed by atoms with Crippen LogP contribution in [0.4, 0.5) is 4.39 Å². The lowest BCUT2D eigenvalue weighted by atomic mass is 10.1. The molecule has 0 aliphatic rings. The van der Waals surface area contributed by atoms with E-state index in [9.17, 15) is 9.18 Å². The van der Waals surface area contributed by atoms with Gasteiger partial charge in [-0.05, 0) is 30.5 Å². The standard InChI is InChI=1S/C12H10FNO/c13-7-1-2-9-3-5-11-10(8-9)4-6-12(15)14-11/h3,5,8H,1-2,7H2,(H,14,15). The van der Waals surface area contributed by atoms with E-state index in [1.54, 1.807) is 0 Å². The minimum Gasteiger partial charge on any atom is -0.314 e. The van der Waals surface area contributed by atoms with Crippen LogP contribution in [0.5, 0.6) is 0 Å². The second-order valence-electron chi connectivity index (χ2n) is 3.38. The number of aromatic amines is 1. The molecule has 2 nitrogen and oxygen atoms in total. The zero-order chi connectivity index (χ0) is 10.7. The number of benzene rings is 1. The molecule has 0 saturated heterocycles. The van der Waals surface area contributed by atoms with Crippen molar-refractivity contribution in [2.45, 2.75) is 12.8 Å². The molecule has 0 aliphatic heterocycles. The van der Waals surface area contributed by atoms with Crippen molar-refractivity contribution >= 4 is 10.9 Å². The number of rotatable bonds is 3. The molecule has 76 valence electrons. The third-order valence-corrected chi connectivity index (χ3v) is 2.24. The molecular formula is C12H10FNO. The molecule has 1 aromatic heterocycles. The minimum atomic E-state index is -0.306. The van der Waals surface area contributed by atoms with Gasteiger partial charge in [0.2, 0.25) is 0 Å². The molecule has 1 N–H and O–H groups in total. The molecule has 3 heteroatoms. The van der Waals surface area contributed by atoms with Crippen LogP contribution in [0, 0.1) is 12.1 Å². The summed E-state index contributed by atoms with van der Waals surface area (Å²) in [6, 6.07) is 10.8. The fourth-order valence-corrected chi connectivity index (χ4v) is 1.51. The van der Waals surface area contributed by atoms with Gasteiger partial charge in [0.25, 0.3) is 0 Å². The van der Waals surface area contributed by atoms with E-state index in [1.165, 1.54) is 0 Å². The fraction of sp³-hybridized carbons (Fsp3) is 0.250. The lowest BCUT2D eigenvalue weighted by molar-refractivity contribution is 0.473. The monoisotopic (exact) mass is 203 g/mol. The number of nitrogens with one attached hydrogen (secondary N) is 1. The van der Waals surface area contributed by atoms with Gasteiger partial charge in [-0.25, -0.2) is 0 Å². The molecule has 2 rings (SSSR count). The fourth-order valence-electron chi connectivity index (χ4n) is 1.51. The number of alkyl halides is 1. The highest BCUT2D eigenvalue weighted by Gasteiger charge is 1.97. The van der Waals surface area contributed by atoms with Crippen molar-refractivity contribution in [1.82, 2.24) is 4.98 Å². The number of fused-ring (bicyclic) bond motifs is 1. The lowest BCUT2D eigenvalue weighted by Gasteiger charge is -1.99. The van der Waals surface area contributed by atoms with E-state index >= 15 is 0 Å². The SMILES string of the molecule is O=c1c#cc2cc(CCCF)ccc2[nH]1. The molecule has 1 heterocycles. The smallest absolute Gasteiger partial charge is 0.300 e. The molecule has 1 aromatic carbocycles. The summed E-state index contributed by atoms with van der Waals surface area (Å²) in [4.78, 5) is 13.6. The first kappa shape index (κ1) is 9.72. The lowest BCUT2D eigenvalue weighted by Crippen LogP contribution is -2.00. The summed E-state index contributed by atoms with van der Waals surface area (Å²) in [7, 11) is 0. The van der Waals surface area contributed by atoms with E-state index in [1.807, 2.05) is 18.2 Å². The minimum absolute atomic E-state index is 0.279. The van der Waals surface area contributed by atoms with Crippen LogP contribution < -0.4 is 5.56 Å². The second kappa shape index (κ2) is 4.14. The Bertz CT molecular complexity index is 518. The van der Waals surface area contributed by atoms with Gasteiger partial charge in [-0.15, -0.1) is 0 Å². The number of hydrogen-bond acceptors (Lipinski definition) is 1. The van der Waals surface area contributed by atoms with Gasteiger partial charge in [-0.1, -0.05) is 12.1 Å². The summed E-state index contributed by atoms with van der Waals surface area (Å²) in [6.07, 6.45) is 1.23. The molecular weight excluding hydrogens is 193 g/mol. The summed E-state index contributed by atoms with van der Waals surface area (Å²) in [6.45, 7) is -0.306. The van der Waals surface area contributed by atoms with Gasteiger partial charge >= 0.3 is 5.56 Å². The Kier molecular flexibility index (Phi) is 2.68. The van der Waals surface area contributed by atoms with Crippen molar-refractivity contribution in [1.29, 1.82) is 0 Å². The molecule has 0 radical (unpaired) electrons. The Labute approximate surface area is 86.8 Å². The number of aryl methyl sites for hydroxylation is 1. The van der Waals surface area contributed by atoms with Crippen LogP contribution in [-0.2, 0) is 6.42 Å². The average Bonchev–Trinajstić information content (AvgIpc) is 2.26. The average molecular weight is 203 g/mol. The third kappa shape index (κ3) is 2.16. The van der Waals surface area contributed by atoms with Crippen molar-refractivity contribution in [3.63, 3.8) is 0 Å². The number of halogens is 1. The van der Waals surface area contributed by atoms with Gasteiger partial charge in [-0.2, -0.15) is 0 Å². The van der Waals surface area contributed by atoms with E-state index in [0.29, 0.717) is 12.8 Å². The van der Waals surface area contributed by atoms with Crippen LogP contribution in [0.15, 0.2) is 23.0 Å². The number of H-pyrrole nitrogens is 1. The molecule has 0 atom stereocenters. The summed E-state index contributed by atoms with van der Waals surface area (Å²) in [5.74, 6) is 0. The maximum absolute atomic E-state index is 12.0. The van der Waals surface area contributed by atoms with Gasteiger partial charge in [0, 0.05) is 11.5 Å². The molecule has 0 bridgehead atoms. The maximum Gasteiger partial charge on any atom is 0.300 e. The quantitative estimate of drug-likeness (QED) is 0.813. The van der Waals surface area contributed by atoms with Crippen LogP contribution in [0.3, 0.4) is 0 Å².